The molecular formula is C87H51N7O2. The first-order valence-electron chi connectivity index (χ1n) is 32.5. The highest BCUT2D eigenvalue weighted by molar-refractivity contribution is 6.41. The van der Waals surface area contributed by atoms with Gasteiger partial charge in [0.1, 0.15) is 17.0 Å². The van der Waals surface area contributed by atoms with Crippen LogP contribution < -0.4 is 0 Å². The molecule has 13 aromatic carbocycles. The van der Waals surface area contributed by atoms with Crippen LogP contribution in [0.25, 0.3) is 199 Å². The van der Waals surface area contributed by atoms with Crippen molar-refractivity contribution in [1.29, 1.82) is 0 Å². The van der Waals surface area contributed by atoms with Gasteiger partial charge in [0.25, 0.3) is 0 Å². The monoisotopic (exact) mass is 1230 g/mol. The van der Waals surface area contributed by atoms with Crippen molar-refractivity contribution in [2.45, 2.75) is 0 Å². The zero-order chi connectivity index (χ0) is 62.7. The van der Waals surface area contributed by atoms with Crippen LogP contribution in [0.2, 0.25) is 0 Å². The molecule has 0 bridgehead atoms. The summed E-state index contributed by atoms with van der Waals surface area (Å²) in [6, 6.07) is 108. The molecule has 96 heavy (non-hydrogen) atoms. The summed E-state index contributed by atoms with van der Waals surface area (Å²) in [5, 5.41) is 13.2. The number of fused-ring (bicyclic) bond motifs is 24. The quantitative estimate of drug-likeness (QED) is 0.151. The first-order valence-corrected chi connectivity index (χ1v) is 32.5. The molecule has 0 aliphatic heterocycles. The van der Waals surface area contributed by atoms with Crippen LogP contribution >= 0.6 is 0 Å². The lowest BCUT2D eigenvalue weighted by Gasteiger charge is -2.13. The average molecular weight is 1230 g/mol. The Labute approximate surface area is 547 Å². The third-order valence-corrected chi connectivity index (χ3v) is 19.8. The normalized spacial score (nSPS) is 12.2. The first-order chi connectivity index (χ1) is 47.7. The Bertz CT molecular complexity index is 6740. The van der Waals surface area contributed by atoms with Crippen LogP contribution in [0.4, 0.5) is 0 Å². The Balaban J connectivity index is 0.809. The highest BCUT2D eigenvalue weighted by Gasteiger charge is 2.31. The number of para-hydroxylation sites is 6. The molecule has 8 heterocycles. The van der Waals surface area contributed by atoms with Crippen molar-refractivity contribution in [2.75, 3.05) is 0 Å². The van der Waals surface area contributed by atoms with E-state index >= 15 is 0 Å². The van der Waals surface area contributed by atoms with Crippen molar-refractivity contribution in [3.05, 3.63) is 310 Å². The predicted octanol–water partition coefficient (Wildman–Crippen LogP) is 22.7. The lowest BCUT2D eigenvalue weighted by molar-refractivity contribution is 0.671. The largest absolute Gasteiger partial charge is 0.454 e. The predicted molar refractivity (Wildman–Crippen MR) is 393 cm³/mol. The van der Waals surface area contributed by atoms with Crippen molar-refractivity contribution in [2.24, 2.45) is 0 Å². The van der Waals surface area contributed by atoms with Crippen LogP contribution in [0.15, 0.2) is 318 Å². The third kappa shape index (κ3) is 7.47. The molecule has 9 nitrogen and oxygen atoms in total. The van der Waals surface area contributed by atoms with Gasteiger partial charge in [-0.15, -0.1) is 0 Å². The van der Waals surface area contributed by atoms with Crippen molar-refractivity contribution >= 4 is 131 Å². The van der Waals surface area contributed by atoms with Gasteiger partial charge in [-0.1, -0.05) is 194 Å². The number of rotatable bonds is 8. The summed E-state index contributed by atoms with van der Waals surface area (Å²) >= 11 is 0. The molecule has 0 aliphatic rings. The Morgan fingerprint density at radius 2 is 0.677 bits per heavy atom. The van der Waals surface area contributed by atoms with Gasteiger partial charge in [0, 0.05) is 105 Å². The number of hydrogen-bond acceptors (Lipinski definition) is 5. The van der Waals surface area contributed by atoms with Gasteiger partial charge >= 0.3 is 0 Å². The highest BCUT2D eigenvalue weighted by Crippen LogP contribution is 2.52. The van der Waals surface area contributed by atoms with Crippen molar-refractivity contribution < 1.29 is 8.83 Å². The maximum Gasteiger partial charge on any atom is 0.160 e. The molecule has 0 unspecified atom stereocenters. The van der Waals surface area contributed by atoms with Crippen LogP contribution in [-0.2, 0) is 0 Å². The Kier molecular flexibility index (Phi) is 11.0. The molecule has 0 amide bonds. The average Bonchev–Trinajstić information content (AvgIpc) is 1.52. The Morgan fingerprint density at radius 3 is 1.26 bits per heavy atom. The lowest BCUT2D eigenvalue weighted by atomic mass is 9.98. The Morgan fingerprint density at radius 1 is 0.250 bits per heavy atom. The van der Waals surface area contributed by atoms with Crippen LogP contribution in [0.3, 0.4) is 0 Å². The minimum atomic E-state index is 0.660. The summed E-state index contributed by atoms with van der Waals surface area (Å²) in [6.07, 6.45) is 1.89. The fraction of sp³-hybridized carbons (Fsp3) is 0. The highest BCUT2D eigenvalue weighted by atomic mass is 16.3. The smallest absolute Gasteiger partial charge is 0.160 e. The topological polar surface area (TPSA) is 84.7 Å². The van der Waals surface area contributed by atoms with Gasteiger partial charge in [-0.2, -0.15) is 0 Å². The number of furan rings is 2. The van der Waals surface area contributed by atoms with E-state index in [1.165, 1.54) is 0 Å². The number of benzene rings is 13. The van der Waals surface area contributed by atoms with Crippen molar-refractivity contribution in [3.63, 3.8) is 0 Å². The van der Waals surface area contributed by atoms with Crippen molar-refractivity contribution in [1.82, 2.24) is 33.2 Å². The maximum absolute atomic E-state index is 7.30. The van der Waals surface area contributed by atoms with Crippen LogP contribution in [0, 0.1) is 0 Å². The zero-order valence-corrected chi connectivity index (χ0v) is 51.4. The van der Waals surface area contributed by atoms with Crippen LogP contribution in [0.1, 0.15) is 0 Å². The molecule has 0 radical (unpaired) electrons. The lowest BCUT2D eigenvalue weighted by Crippen LogP contribution is -1.98. The molecule has 0 saturated heterocycles. The second-order valence-corrected chi connectivity index (χ2v) is 24.9. The molecule has 21 rings (SSSR count). The van der Waals surface area contributed by atoms with Crippen LogP contribution in [-0.4, -0.2) is 33.2 Å². The standard InChI is InChI=1S/C87H51N7O2/c1-4-23-52(24-5-1)66-51-67(53-25-6-2-7-26-53)90-87(89-66)54-42-45-58(46-43-54)91-68-36-15-10-31-60(68)75-77-63-34-13-18-39-72(63)95-85(77)84-79(81(75)91)62-33-12-17-38-70(62)93(84)59-30-22-27-55(49-59)56-44-47-71-65(50-56)76-78-64-35-14-19-40-73(64)96-86(78)83-80(82(76)94(71)74-41-20-21-48-88-74)61-32-11-16-37-69(61)92(83)57-28-8-3-9-29-57/h1-51H. The van der Waals surface area contributed by atoms with E-state index in [0.29, 0.717) is 5.82 Å². The number of nitrogens with zero attached hydrogens (tertiary/aromatic N) is 7. The molecule has 446 valence electrons. The fourth-order valence-corrected chi connectivity index (χ4v) is 15.8. The third-order valence-electron chi connectivity index (χ3n) is 19.8. The van der Waals surface area contributed by atoms with Gasteiger partial charge in [-0.3, -0.25) is 4.57 Å². The minimum absolute atomic E-state index is 0.660. The first kappa shape index (κ1) is 52.5. The molecule has 0 spiro atoms. The molecular weight excluding hydrogens is 1180 g/mol. The second kappa shape index (κ2) is 20.2. The molecule has 9 heteroatoms. The second-order valence-electron chi connectivity index (χ2n) is 24.9. The number of aromatic nitrogens is 7. The summed E-state index contributed by atoms with van der Waals surface area (Å²) < 4.78 is 24.2. The summed E-state index contributed by atoms with van der Waals surface area (Å²) in [4.78, 5) is 15.6. The van der Waals surface area contributed by atoms with E-state index in [1.807, 2.05) is 24.4 Å². The summed E-state index contributed by atoms with van der Waals surface area (Å²) in [7, 11) is 0. The summed E-state index contributed by atoms with van der Waals surface area (Å²) in [5.74, 6) is 1.50. The molecule has 0 atom stereocenters. The summed E-state index contributed by atoms with van der Waals surface area (Å²) in [6.45, 7) is 0. The fourth-order valence-electron chi connectivity index (χ4n) is 15.8. The van der Waals surface area contributed by atoms with Gasteiger partial charge in [0.05, 0.1) is 55.5 Å². The number of pyridine rings is 1. The van der Waals surface area contributed by atoms with Crippen molar-refractivity contribution in [3.8, 4) is 67.9 Å². The van der Waals surface area contributed by atoms with Crippen LogP contribution in [0.5, 0.6) is 0 Å². The SMILES string of the molecule is c1ccc(-c2cc(-c3ccccc3)nc(-c3ccc(-n4c5ccccc5c5c6c7ccccc7oc6c6c(c7ccccc7n6-c6cccc(-c7ccc8c(c7)c7c9c%10ccccc%10oc9c9c(c%10ccccc%10n9-c9ccccc9)c7n8-c7ccccn7)c6)c54)cc3)n2)cc1. The summed E-state index contributed by atoms with van der Waals surface area (Å²) in [5.41, 5.74) is 21.8. The zero-order valence-electron chi connectivity index (χ0n) is 51.4. The number of hydrogen-bond donors (Lipinski definition) is 0. The minimum Gasteiger partial charge on any atom is -0.454 e. The van der Waals surface area contributed by atoms with E-state index in [9.17, 15) is 0 Å². The van der Waals surface area contributed by atoms with E-state index in [1.54, 1.807) is 0 Å². The molecule has 0 saturated carbocycles. The van der Waals surface area contributed by atoms with E-state index < -0.39 is 0 Å². The molecule has 0 N–H and O–H groups in total. The van der Waals surface area contributed by atoms with E-state index in [2.05, 4.69) is 303 Å². The molecule has 8 aromatic heterocycles. The molecule has 0 fully saturated rings. The Hall–Kier alpha value is -13.1. The molecule has 0 aliphatic carbocycles. The molecule has 21 aromatic rings. The van der Waals surface area contributed by atoms with Gasteiger partial charge in [0.2, 0.25) is 0 Å². The van der Waals surface area contributed by atoms with Gasteiger partial charge in [-0.05, 0) is 120 Å². The van der Waals surface area contributed by atoms with E-state index in [0.717, 1.165) is 193 Å². The van der Waals surface area contributed by atoms with Gasteiger partial charge in [-0.25, -0.2) is 15.0 Å². The van der Waals surface area contributed by atoms with Gasteiger partial charge < -0.3 is 22.5 Å². The van der Waals surface area contributed by atoms with Gasteiger partial charge in [0.15, 0.2) is 17.0 Å². The van der Waals surface area contributed by atoms with E-state index in [-0.39, 0.29) is 0 Å². The maximum atomic E-state index is 7.30. The van der Waals surface area contributed by atoms with E-state index in [4.69, 9.17) is 23.8 Å².